The summed E-state index contributed by atoms with van der Waals surface area (Å²) >= 11 is 6.36. The Bertz CT molecular complexity index is 1530. The highest BCUT2D eigenvalue weighted by Crippen LogP contribution is 2.29. The molecule has 1 heterocycles. The molecule has 0 spiro atoms. The summed E-state index contributed by atoms with van der Waals surface area (Å²) in [5, 5.41) is 3.30. The van der Waals surface area contributed by atoms with E-state index in [4.69, 9.17) is 22.3 Å². The van der Waals surface area contributed by atoms with Gasteiger partial charge in [0.15, 0.2) is 0 Å². The van der Waals surface area contributed by atoms with Gasteiger partial charge in [0.05, 0.1) is 15.4 Å². The minimum atomic E-state index is -4.00. The first-order valence-corrected chi connectivity index (χ1v) is 13.8. The molecule has 4 rings (SSSR count). The number of aromatic nitrogens is 2. The molecule has 0 aliphatic carbocycles. The second-order valence-electron chi connectivity index (χ2n) is 9.39. The van der Waals surface area contributed by atoms with Crippen molar-refractivity contribution in [2.75, 3.05) is 6.54 Å². The predicted octanol–water partition coefficient (Wildman–Crippen LogP) is 4.67. The Labute approximate surface area is 221 Å². The standard InChI is InChI=1S/C27H30ClN5O3S/c1-4-24-31-25-22(28)6-5-7-23(25)33(24)20-12-10-19(11-13-20)27(2,3)17-30-26(34)32-37(35,36)21-14-8-18(16-29)9-15-21/h5-15H,4,16-17,29H2,1-3H3,(H2,30,32,34). The van der Waals surface area contributed by atoms with Crippen molar-refractivity contribution in [2.45, 2.75) is 44.0 Å². The average molecular weight is 540 g/mol. The molecule has 10 heteroatoms. The van der Waals surface area contributed by atoms with Crippen LogP contribution in [0.25, 0.3) is 16.7 Å². The number of hydrogen-bond acceptors (Lipinski definition) is 5. The number of para-hydroxylation sites is 1. The third kappa shape index (κ3) is 5.64. The molecule has 0 atom stereocenters. The highest BCUT2D eigenvalue weighted by atomic mass is 35.5. The van der Waals surface area contributed by atoms with E-state index in [0.29, 0.717) is 11.6 Å². The first-order valence-electron chi connectivity index (χ1n) is 11.9. The first kappa shape index (κ1) is 26.7. The number of halogens is 1. The lowest BCUT2D eigenvalue weighted by Crippen LogP contribution is -2.44. The summed E-state index contributed by atoms with van der Waals surface area (Å²) in [5.74, 6) is 0.910. The van der Waals surface area contributed by atoms with Gasteiger partial charge in [0.25, 0.3) is 10.0 Å². The maximum absolute atomic E-state index is 12.5. The van der Waals surface area contributed by atoms with Gasteiger partial charge in [-0.25, -0.2) is 22.9 Å². The van der Waals surface area contributed by atoms with Crippen molar-refractivity contribution >= 4 is 38.7 Å². The van der Waals surface area contributed by atoms with Gasteiger partial charge < -0.3 is 11.1 Å². The number of urea groups is 1. The van der Waals surface area contributed by atoms with Crippen LogP contribution >= 0.6 is 11.6 Å². The van der Waals surface area contributed by atoms with Crippen LogP contribution in [0.2, 0.25) is 5.02 Å². The fourth-order valence-electron chi connectivity index (χ4n) is 4.13. The summed E-state index contributed by atoms with van der Waals surface area (Å²) in [4.78, 5) is 17.1. The summed E-state index contributed by atoms with van der Waals surface area (Å²) in [6.07, 6.45) is 0.747. The molecule has 0 fully saturated rings. The zero-order valence-electron chi connectivity index (χ0n) is 21.0. The number of hydrogen-bond donors (Lipinski definition) is 3. The van der Waals surface area contributed by atoms with Gasteiger partial charge in [0.1, 0.15) is 11.3 Å². The largest absolute Gasteiger partial charge is 0.336 e. The van der Waals surface area contributed by atoms with Gasteiger partial charge in [-0.05, 0) is 47.5 Å². The number of nitrogens with two attached hydrogens (primary N) is 1. The molecular weight excluding hydrogens is 510 g/mol. The van der Waals surface area contributed by atoms with Gasteiger partial charge in [-0.3, -0.25) is 4.57 Å². The van der Waals surface area contributed by atoms with Gasteiger partial charge in [0.2, 0.25) is 0 Å². The number of aryl methyl sites for hydroxylation is 1. The lowest BCUT2D eigenvalue weighted by molar-refractivity contribution is 0.243. The Balaban J connectivity index is 1.46. The second kappa shape index (κ2) is 10.5. The Morgan fingerprint density at radius 3 is 2.35 bits per heavy atom. The van der Waals surface area contributed by atoms with Gasteiger partial charge in [-0.15, -0.1) is 0 Å². The van der Waals surface area contributed by atoms with Crippen molar-refractivity contribution in [2.24, 2.45) is 5.73 Å². The summed E-state index contributed by atoms with van der Waals surface area (Å²) in [6, 6.07) is 19.0. The summed E-state index contributed by atoms with van der Waals surface area (Å²) in [7, 11) is -4.00. The van der Waals surface area contributed by atoms with E-state index in [1.54, 1.807) is 12.1 Å². The SMILES string of the molecule is CCc1nc2c(Cl)cccc2n1-c1ccc(C(C)(C)CNC(=O)NS(=O)(=O)c2ccc(CN)cc2)cc1. The normalized spacial score (nSPS) is 12.0. The number of nitrogens with one attached hydrogen (secondary N) is 2. The average Bonchev–Trinajstić information content (AvgIpc) is 3.27. The lowest BCUT2D eigenvalue weighted by Gasteiger charge is -2.26. The van der Waals surface area contributed by atoms with Crippen molar-refractivity contribution in [3.05, 3.63) is 88.7 Å². The van der Waals surface area contributed by atoms with E-state index in [0.717, 1.165) is 40.1 Å². The van der Waals surface area contributed by atoms with E-state index in [-0.39, 0.29) is 11.4 Å². The molecule has 0 radical (unpaired) electrons. The molecule has 0 saturated carbocycles. The van der Waals surface area contributed by atoms with Gasteiger partial charge >= 0.3 is 6.03 Å². The monoisotopic (exact) mass is 539 g/mol. The van der Waals surface area contributed by atoms with Crippen LogP contribution in [0, 0.1) is 0 Å². The topological polar surface area (TPSA) is 119 Å². The Hall–Kier alpha value is -3.40. The fraction of sp³-hybridized carbons (Fsp3) is 0.259. The van der Waals surface area contributed by atoms with Gasteiger partial charge in [-0.1, -0.05) is 62.7 Å². The van der Waals surface area contributed by atoms with Crippen LogP contribution < -0.4 is 15.8 Å². The molecule has 2 amide bonds. The number of nitrogens with zero attached hydrogens (tertiary/aromatic N) is 2. The third-order valence-corrected chi connectivity index (χ3v) is 7.97. The Kier molecular flexibility index (Phi) is 7.59. The number of fused-ring (bicyclic) bond motifs is 1. The zero-order chi connectivity index (χ0) is 26.8. The molecule has 0 saturated heterocycles. The number of amides is 2. The molecule has 37 heavy (non-hydrogen) atoms. The van der Waals surface area contributed by atoms with Gasteiger partial charge in [0, 0.05) is 30.6 Å². The molecular formula is C27H30ClN5O3S. The molecule has 0 unspecified atom stereocenters. The molecule has 4 N–H and O–H groups in total. The van der Waals surface area contributed by atoms with Gasteiger partial charge in [-0.2, -0.15) is 0 Å². The maximum atomic E-state index is 12.5. The Morgan fingerprint density at radius 2 is 1.73 bits per heavy atom. The number of carbonyl (C=O) groups is 1. The summed E-state index contributed by atoms with van der Waals surface area (Å²) < 4.78 is 29.2. The number of sulfonamides is 1. The van der Waals surface area contributed by atoms with Crippen LogP contribution in [0.3, 0.4) is 0 Å². The minimum absolute atomic E-state index is 0.00513. The van der Waals surface area contributed by atoms with E-state index >= 15 is 0 Å². The van der Waals surface area contributed by atoms with Crippen molar-refractivity contribution in [1.29, 1.82) is 0 Å². The quantitative estimate of drug-likeness (QED) is 0.301. The first-order chi connectivity index (χ1) is 17.6. The minimum Gasteiger partial charge on any atom is -0.336 e. The van der Waals surface area contributed by atoms with Crippen LogP contribution in [0.4, 0.5) is 4.79 Å². The van der Waals surface area contributed by atoms with E-state index in [1.807, 2.05) is 56.3 Å². The number of imidazole rings is 1. The van der Waals surface area contributed by atoms with Crippen molar-refractivity contribution < 1.29 is 13.2 Å². The smallest absolute Gasteiger partial charge is 0.328 e. The van der Waals surface area contributed by atoms with E-state index in [2.05, 4.69) is 21.5 Å². The van der Waals surface area contributed by atoms with Crippen LogP contribution in [-0.4, -0.2) is 30.5 Å². The molecule has 1 aromatic heterocycles. The highest BCUT2D eigenvalue weighted by Gasteiger charge is 2.24. The van der Waals surface area contributed by atoms with Crippen LogP contribution in [0.1, 0.15) is 37.7 Å². The molecule has 0 bridgehead atoms. The summed E-state index contributed by atoms with van der Waals surface area (Å²) in [5.41, 5.74) is 9.54. The molecule has 3 aromatic carbocycles. The maximum Gasteiger partial charge on any atom is 0.328 e. The lowest BCUT2D eigenvalue weighted by atomic mass is 9.84. The van der Waals surface area contributed by atoms with Crippen LogP contribution in [-0.2, 0) is 28.4 Å². The number of benzene rings is 3. The van der Waals surface area contributed by atoms with E-state index in [1.165, 1.54) is 12.1 Å². The molecule has 0 aliphatic heterocycles. The second-order valence-corrected chi connectivity index (χ2v) is 11.5. The van der Waals surface area contributed by atoms with Crippen molar-refractivity contribution in [1.82, 2.24) is 19.6 Å². The molecule has 0 aliphatic rings. The molecule has 8 nitrogen and oxygen atoms in total. The number of rotatable bonds is 8. The molecule has 4 aromatic rings. The zero-order valence-corrected chi connectivity index (χ0v) is 22.5. The highest BCUT2D eigenvalue weighted by molar-refractivity contribution is 7.90. The summed E-state index contributed by atoms with van der Waals surface area (Å²) in [6.45, 7) is 6.54. The van der Waals surface area contributed by atoms with Crippen molar-refractivity contribution in [3.8, 4) is 5.69 Å². The fourth-order valence-corrected chi connectivity index (χ4v) is 5.27. The molecule has 194 valence electrons. The predicted molar refractivity (Wildman–Crippen MR) is 147 cm³/mol. The van der Waals surface area contributed by atoms with E-state index < -0.39 is 21.5 Å². The van der Waals surface area contributed by atoms with Crippen molar-refractivity contribution in [3.63, 3.8) is 0 Å². The third-order valence-electron chi connectivity index (χ3n) is 6.32. The van der Waals surface area contributed by atoms with E-state index in [9.17, 15) is 13.2 Å². The van der Waals surface area contributed by atoms with Crippen LogP contribution in [0.5, 0.6) is 0 Å². The Morgan fingerprint density at radius 1 is 1.05 bits per heavy atom. The van der Waals surface area contributed by atoms with Crippen LogP contribution in [0.15, 0.2) is 71.6 Å². The number of carbonyl (C=O) groups excluding carboxylic acids is 1.